The van der Waals surface area contributed by atoms with Crippen LogP contribution in [0.4, 0.5) is 0 Å². The molecular weight excluding hydrogens is 444 g/mol. The Morgan fingerprint density at radius 3 is 2.59 bits per heavy atom. The maximum atomic E-state index is 5.88. The molecule has 7 nitrogen and oxygen atoms in total. The van der Waals surface area contributed by atoms with Gasteiger partial charge in [0.1, 0.15) is 5.82 Å². The predicted octanol–water partition coefficient (Wildman–Crippen LogP) is 3.50. The third kappa shape index (κ3) is 4.45. The van der Waals surface area contributed by atoms with Crippen LogP contribution in [0.3, 0.4) is 0 Å². The van der Waals surface area contributed by atoms with Crippen LogP contribution in [0.2, 0.25) is 0 Å². The zero-order valence-electron chi connectivity index (χ0n) is 20.1. The molecule has 2 atom stereocenters. The number of nitrogens with one attached hydrogen (secondary N) is 1. The summed E-state index contributed by atoms with van der Waals surface area (Å²) in [6, 6.07) is 12.6. The second kappa shape index (κ2) is 9.82. The third-order valence-electron chi connectivity index (χ3n) is 6.87. The monoisotopic (exact) mass is 476 g/mol. The molecule has 2 fully saturated rings. The zero-order chi connectivity index (χ0) is 23.7. The number of hydrogen-bond acceptors (Lipinski definition) is 5. The fourth-order valence-electron chi connectivity index (χ4n) is 5.09. The Hall–Kier alpha value is -2.81. The summed E-state index contributed by atoms with van der Waals surface area (Å²) >= 11 is 5.88. The highest BCUT2D eigenvalue weighted by Crippen LogP contribution is 2.41. The molecule has 0 aliphatic carbocycles. The molecule has 34 heavy (non-hydrogen) atoms. The first kappa shape index (κ1) is 23.0. The van der Waals surface area contributed by atoms with E-state index < -0.39 is 0 Å². The Balaban J connectivity index is 1.52. The van der Waals surface area contributed by atoms with E-state index in [4.69, 9.17) is 21.9 Å². The molecular formula is C26H32N6OS. The minimum atomic E-state index is -0.0154. The van der Waals surface area contributed by atoms with Crippen LogP contribution in [0.15, 0.2) is 48.8 Å². The highest BCUT2D eigenvalue weighted by Gasteiger charge is 2.41. The van der Waals surface area contributed by atoms with Crippen LogP contribution in [0.1, 0.15) is 40.3 Å². The van der Waals surface area contributed by atoms with Gasteiger partial charge in [-0.3, -0.25) is 9.88 Å². The summed E-state index contributed by atoms with van der Waals surface area (Å²) in [5, 5.41) is 4.37. The number of hydrogen-bond donors (Lipinski definition) is 1. The average molecular weight is 477 g/mol. The quantitative estimate of drug-likeness (QED) is 0.547. The van der Waals surface area contributed by atoms with Crippen LogP contribution < -0.4 is 5.32 Å². The zero-order valence-corrected chi connectivity index (χ0v) is 20.9. The van der Waals surface area contributed by atoms with E-state index >= 15 is 0 Å². The van der Waals surface area contributed by atoms with E-state index in [1.165, 1.54) is 11.3 Å². The Labute approximate surface area is 206 Å². The summed E-state index contributed by atoms with van der Waals surface area (Å²) in [7, 11) is 0. The summed E-state index contributed by atoms with van der Waals surface area (Å²) < 4.78 is 7.77. The minimum Gasteiger partial charge on any atom is -0.379 e. The number of ether oxygens (including phenoxy) is 1. The third-order valence-corrected chi connectivity index (χ3v) is 7.22. The van der Waals surface area contributed by atoms with Crippen LogP contribution in [0, 0.1) is 20.8 Å². The fraction of sp³-hybridized carbons (Fsp3) is 0.423. The summed E-state index contributed by atoms with van der Waals surface area (Å²) in [4.78, 5) is 14.2. The number of morpholine rings is 1. The van der Waals surface area contributed by atoms with Gasteiger partial charge < -0.3 is 19.5 Å². The van der Waals surface area contributed by atoms with Gasteiger partial charge in [0.2, 0.25) is 0 Å². The fourth-order valence-corrected chi connectivity index (χ4v) is 5.42. The first-order valence-electron chi connectivity index (χ1n) is 11.9. The number of rotatable bonds is 6. The number of aryl methyl sites for hydroxylation is 2. The van der Waals surface area contributed by atoms with Gasteiger partial charge in [0.05, 0.1) is 31.0 Å². The van der Waals surface area contributed by atoms with Crippen molar-refractivity contribution >= 4 is 17.3 Å². The molecule has 0 bridgehead atoms. The first-order chi connectivity index (χ1) is 16.5. The average Bonchev–Trinajstić information content (AvgIpc) is 3.34. The molecule has 0 unspecified atom stereocenters. The highest BCUT2D eigenvalue weighted by atomic mass is 32.1. The first-order valence-corrected chi connectivity index (χ1v) is 12.3. The van der Waals surface area contributed by atoms with Gasteiger partial charge in [-0.15, -0.1) is 0 Å². The summed E-state index contributed by atoms with van der Waals surface area (Å²) in [5.41, 5.74) is 5.75. The van der Waals surface area contributed by atoms with Crippen molar-refractivity contribution in [2.45, 2.75) is 32.9 Å². The normalized spacial score (nSPS) is 21.1. The second-order valence-corrected chi connectivity index (χ2v) is 9.52. The number of thiocarbonyl (C=S) groups is 1. The topological polar surface area (TPSA) is 58.5 Å². The van der Waals surface area contributed by atoms with Gasteiger partial charge >= 0.3 is 0 Å². The smallest absolute Gasteiger partial charge is 0.170 e. The second-order valence-electron chi connectivity index (χ2n) is 9.13. The minimum absolute atomic E-state index is 0.0154. The van der Waals surface area contributed by atoms with E-state index in [1.54, 1.807) is 0 Å². The summed E-state index contributed by atoms with van der Waals surface area (Å²) in [5.74, 6) is 0.939. The lowest BCUT2D eigenvalue weighted by Gasteiger charge is -2.32. The van der Waals surface area contributed by atoms with Crippen molar-refractivity contribution in [3.8, 4) is 5.82 Å². The van der Waals surface area contributed by atoms with E-state index in [2.05, 4.69) is 69.7 Å². The van der Waals surface area contributed by atoms with Crippen molar-refractivity contribution in [3.05, 3.63) is 77.0 Å². The van der Waals surface area contributed by atoms with Gasteiger partial charge in [-0.1, -0.05) is 12.1 Å². The van der Waals surface area contributed by atoms with Crippen molar-refractivity contribution < 1.29 is 4.74 Å². The molecule has 3 aromatic rings. The highest BCUT2D eigenvalue weighted by molar-refractivity contribution is 7.80. The predicted molar refractivity (Wildman–Crippen MR) is 137 cm³/mol. The van der Waals surface area contributed by atoms with Crippen LogP contribution in [0.5, 0.6) is 0 Å². The summed E-state index contributed by atoms with van der Waals surface area (Å²) in [6.07, 6.45) is 3.78. The van der Waals surface area contributed by atoms with Gasteiger partial charge in [-0.05, 0) is 68.4 Å². The lowest BCUT2D eigenvalue weighted by molar-refractivity contribution is 0.0350. The van der Waals surface area contributed by atoms with Gasteiger partial charge in [0.15, 0.2) is 5.11 Å². The molecule has 0 radical (unpaired) electrons. The number of aromatic nitrogens is 3. The Bertz CT molecular complexity index is 1140. The molecule has 2 aliphatic rings. The molecule has 0 spiro atoms. The summed E-state index contributed by atoms with van der Waals surface area (Å²) in [6.45, 7) is 11.7. The van der Waals surface area contributed by atoms with Gasteiger partial charge in [0, 0.05) is 50.0 Å². The molecule has 0 aromatic carbocycles. The van der Waals surface area contributed by atoms with E-state index in [-0.39, 0.29) is 12.1 Å². The standard InChI is InChI=1S/C26H32N6OS/c1-18-7-8-23(28-17-18)32-19(2)16-21(20(32)3)25-24(22-6-4-5-9-27-22)29-26(34)31(25)11-10-30-12-14-33-15-13-30/h4-9,16-17,24-25H,10-15H2,1-3H3,(H,29,34)/t24-,25-/m1/s1. The van der Waals surface area contributed by atoms with Gasteiger partial charge in [-0.25, -0.2) is 4.98 Å². The Morgan fingerprint density at radius 1 is 1.06 bits per heavy atom. The van der Waals surface area contributed by atoms with Crippen molar-refractivity contribution in [2.75, 3.05) is 39.4 Å². The Kier molecular flexibility index (Phi) is 6.63. The van der Waals surface area contributed by atoms with Gasteiger partial charge in [0.25, 0.3) is 0 Å². The van der Waals surface area contributed by atoms with E-state index in [0.717, 1.165) is 67.3 Å². The lowest BCUT2D eigenvalue weighted by atomic mass is 9.97. The van der Waals surface area contributed by atoms with Crippen molar-refractivity contribution in [3.63, 3.8) is 0 Å². The maximum absolute atomic E-state index is 5.88. The van der Waals surface area contributed by atoms with Crippen LogP contribution in [-0.4, -0.2) is 68.8 Å². The molecule has 3 aromatic heterocycles. The largest absolute Gasteiger partial charge is 0.379 e. The van der Waals surface area contributed by atoms with E-state index in [9.17, 15) is 0 Å². The van der Waals surface area contributed by atoms with Crippen molar-refractivity contribution in [1.29, 1.82) is 0 Å². The van der Waals surface area contributed by atoms with Crippen molar-refractivity contribution in [2.24, 2.45) is 0 Å². The van der Waals surface area contributed by atoms with Crippen LogP contribution in [0.25, 0.3) is 5.82 Å². The molecule has 2 aliphatic heterocycles. The van der Waals surface area contributed by atoms with Crippen LogP contribution >= 0.6 is 12.2 Å². The van der Waals surface area contributed by atoms with Crippen LogP contribution in [-0.2, 0) is 4.74 Å². The molecule has 1 N–H and O–H groups in total. The Morgan fingerprint density at radius 2 is 1.88 bits per heavy atom. The number of nitrogens with zero attached hydrogens (tertiary/aromatic N) is 5. The maximum Gasteiger partial charge on any atom is 0.170 e. The lowest BCUT2D eigenvalue weighted by Crippen LogP contribution is -2.42. The molecule has 5 rings (SSSR count). The van der Waals surface area contributed by atoms with E-state index in [0.29, 0.717) is 0 Å². The van der Waals surface area contributed by atoms with Gasteiger partial charge in [-0.2, -0.15) is 0 Å². The molecule has 178 valence electrons. The molecule has 8 heteroatoms. The number of pyridine rings is 2. The molecule has 5 heterocycles. The van der Waals surface area contributed by atoms with Crippen molar-refractivity contribution in [1.82, 2.24) is 29.7 Å². The van der Waals surface area contributed by atoms with E-state index in [1.807, 2.05) is 24.5 Å². The molecule has 2 saturated heterocycles. The molecule has 0 saturated carbocycles. The SMILES string of the molecule is Cc1ccc(-n2c(C)cc([C@@H]3[C@@H](c4ccccn4)NC(=S)N3CCN3CCOCC3)c2C)nc1. The molecule has 0 amide bonds.